The Bertz CT molecular complexity index is 343. The Labute approximate surface area is 74.4 Å². The molecule has 0 saturated carbocycles. The van der Waals surface area contributed by atoms with Gasteiger partial charge in [-0.25, -0.2) is 13.0 Å². The first-order valence-corrected chi connectivity index (χ1v) is 4.27. The molecule has 0 amide bonds. The molecule has 6 heteroatoms. The lowest BCUT2D eigenvalue weighted by molar-refractivity contribution is 0.536. The van der Waals surface area contributed by atoms with Crippen molar-refractivity contribution in [3.8, 4) is 0 Å². The molecule has 0 aliphatic carbocycles. The summed E-state index contributed by atoms with van der Waals surface area (Å²) in [6.07, 6.45) is 0. The van der Waals surface area contributed by atoms with Gasteiger partial charge in [-0.05, 0) is 12.1 Å². The third-order valence-electron chi connectivity index (χ3n) is 1.18. The van der Waals surface area contributed by atoms with E-state index in [2.05, 4.69) is 0 Å². The van der Waals surface area contributed by atoms with Crippen molar-refractivity contribution in [2.24, 2.45) is 0 Å². The van der Waals surface area contributed by atoms with Gasteiger partial charge in [0, 0.05) is 0 Å². The lowest BCUT2D eigenvalue weighted by atomic mass is 10.3. The Morgan fingerprint density at radius 2 is 1.83 bits per heavy atom. The van der Waals surface area contributed by atoms with E-state index in [9.17, 15) is 13.0 Å². The molecule has 1 aromatic carbocycles. The second-order valence-corrected chi connectivity index (χ2v) is 3.21. The molecule has 1 aromatic rings. The summed E-state index contributed by atoms with van der Waals surface area (Å²) < 4.78 is 44.2. The number of hydrogen-bond acceptors (Lipinski definition) is 1. The lowest BCUT2D eigenvalue weighted by Crippen LogP contribution is -1.96. The largest absolute Gasteiger partial charge is 0.302 e. The van der Waals surface area contributed by atoms with Crippen LogP contribution >= 0.6 is 11.6 Å². The number of halogens is 3. The molecule has 0 aliphatic heterocycles. The van der Waals surface area contributed by atoms with E-state index < -0.39 is 32.6 Å². The van der Waals surface area contributed by atoms with Crippen LogP contribution in [0.4, 0.5) is 8.78 Å². The van der Waals surface area contributed by atoms with E-state index in [0.717, 1.165) is 12.1 Å². The Balaban J connectivity index is 3.43. The van der Waals surface area contributed by atoms with Crippen LogP contribution in [0.5, 0.6) is 0 Å². The van der Waals surface area contributed by atoms with E-state index in [4.69, 9.17) is 16.2 Å². The third-order valence-corrected chi connectivity index (χ3v) is 2.41. The number of benzene rings is 1. The molecule has 0 heterocycles. The summed E-state index contributed by atoms with van der Waals surface area (Å²) in [7, 11) is 0. The highest BCUT2D eigenvalue weighted by atomic mass is 35.5. The maximum atomic E-state index is 12.7. The van der Waals surface area contributed by atoms with Crippen molar-refractivity contribution >= 4 is 22.7 Å². The monoisotopic (exact) mass is 212 g/mol. The Hall–Kier alpha value is -0.520. The van der Waals surface area contributed by atoms with Gasteiger partial charge in [-0.15, -0.1) is 0 Å². The summed E-state index contributed by atoms with van der Waals surface area (Å²) in [5.41, 5.74) is 0. The molecule has 2 nitrogen and oxygen atoms in total. The fourth-order valence-corrected chi connectivity index (χ4v) is 1.51. The van der Waals surface area contributed by atoms with Crippen molar-refractivity contribution in [3.05, 3.63) is 28.8 Å². The van der Waals surface area contributed by atoms with Gasteiger partial charge in [0.05, 0.1) is 5.02 Å². The molecular weight excluding hydrogens is 210 g/mol. The van der Waals surface area contributed by atoms with Gasteiger partial charge in [0.15, 0.2) is 11.1 Å². The van der Waals surface area contributed by atoms with E-state index in [1.807, 2.05) is 0 Å². The minimum absolute atomic E-state index is 0.657. The minimum Gasteiger partial charge on any atom is -0.302 e. The van der Waals surface area contributed by atoms with Gasteiger partial charge >= 0.3 is 0 Å². The highest BCUT2D eigenvalue weighted by Gasteiger charge is 2.16. The zero-order valence-electron chi connectivity index (χ0n) is 5.55. The zero-order valence-corrected chi connectivity index (χ0v) is 7.12. The van der Waals surface area contributed by atoms with Gasteiger partial charge in [-0.2, -0.15) is 0 Å². The average Bonchev–Trinajstić information content (AvgIpc) is 1.97. The molecule has 1 atom stereocenters. The van der Waals surface area contributed by atoms with Gasteiger partial charge in [0.2, 0.25) is 0 Å². The van der Waals surface area contributed by atoms with E-state index >= 15 is 0 Å². The van der Waals surface area contributed by atoms with Crippen molar-refractivity contribution in [2.45, 2.75) is 4.90 Å². The van der Waals surface area contributed by atoms with Crippen LogP contribution in [0.15, 0.2) is 17.0 Å². The van der Waals surface area contributed by atoms with E-state index in [1.165, 1.54) is 0 Å². The Kier molecular flexibility index (Phi) is 2.76. The summed E-state index contributed by atoms with van der Waals surface area (Å²) in [5, 5.41) is -0.657. The third kappa shape index (κ3) is 1.63. The van der Waals surface area contributed by atoms with Crippen molar-refractivity contribution in [3.63, 3.8) is 0 Å². The van der Waals surface area contributed by atoms with E-state index in [-0.39, 0.29) is 0 Å². The van der Waals surface area contributed by atoms with E-state index in [0.29, 0.717) is 0 Å². The van der Waals surface area contributed by atoms with Crippen molar-refractivity contribution in [1.29, 1.82) is 0 Å². The summed E-state index contributed by atoms with van der Waals surface area (Å²) in [6, 6.07) is 1.53. The van der Waals surface area contributed by atoms with Crippen LogP contribution in [-0.2, 0) is 11.1 Å². The molecule has 0 aliphatic rings. The molecule has 1 N–H and O–H groups in total. The second kappa shape index (κ2) is 3.47. The Morgan fingerprint density at radius 3 is 2.25 bits per heavy atom. The maximum Gasteiger partial charge on any atom is 0.191 e. The highest BCUT2D eigenvalue weighted by Crippen LogP contribution is 2.24. The quantitative estimate of drug-likeness (QED) is 0.572. The smallest absolute Gasteiger partial charge is 0.191 e. The molecule has 1 rings (SSSR count). The predicted molar refractivity (Wildman–Crippen MR) is 40.4 cm³/mol. The molecule has 1 unspecified atom stereocenters. The predicted octanol–water partition coefficient (Wildman–Crippen LogP) is 2.20. The SMILES string of the molecule is O=S(O)c1c(F)ccc(F)c1Cl. The molecule has 0 bridgehead atoms. The molecule has 0 radical (unpaired) electrons. The molecule has 0 aromatic heterocycles. The minimum atomic E-state index is -2.61. The van der Waals surface area contributed by atoms with E-state index in [1.54, 1.807) is 0 Å². The molecule has 12 heavy (non-hydrogen) atoms. The maximum absolute atomic E-state index is 12.7. The fraction of sp³-hybridized carbons (Fsp3) is 0. The summed E-state index contributed by atoms with van der Waals surface area (Å²) in [5.74, 6) is -1.92. The first kappa shape index (κ1) is 9.57. The van der Waals surface area contributed by atoms with Crippen LogP contribution in [0.25, 0.3) is 0 Å². The van der Waals surface area contributed by atoms with Crippen molar-refractivity contribution in [1.82, 2.24) is 0 Å². The topological polar surface area (TPSA) is 37.3 Å². The van der Waals surface area contributed by atoms with Gasteiger partial charge in [-0.3, -0.25) is 0 Å². The van der Waals surface area contributed by atoms with Crippen LogP contribution < -0.4 is 0 Å². The van der Waals surface area contributed by atoms with Gasteiger partial charge < -0.3 is 4.55 Å². The standard InChI is InChI=1S/C6H3ClF2O2S/c7-5-3(8)1-2-4(9)6(5)12(10)11/h1-2H,(H,10,11). The van der Waals surface area contributed by atoms with Crippen LogP contribution in [-0.4, -0.2) is 8.76 Å². The fourth-order valence-electron chi connectivity index (χ4n) is 0.669. The zero-order chi connectivity index (χ0) is 9.30. The summed E-state index contributed by atoms with van der Waals surface area (Å²) in [4.78, 5) is -0.725. The lowest BCUT2D eigenvalue weighted by Gasteiger charge is -2.00. The van der Waals surface area contributed by atoms with Gasteiger partial charge in [0.1, 0.15) is 16.5 Å². The normalized spacial score (nSPS) is 13.0. The highest BCUT2D eigenvalue weighted by molar-refractivity contribution is 7.79. The van der Waals surface area contributed by atoms with Gasteiger partial charge in [0.25, 0.3) is 0 Å². The number of rotatable bonds is 1. The summed E-state index contributed by atoms with van der Waals surface area (Å²) >= 11 is 2.62. The van der Waals surface area contributed by atoms with Crippen LogP contribution in [0.2, 0.25) is 5.02 Å². The van der Waals surface area contributed by atoms with Crippen LogP contribution in [0, 0.1) is 11.6 Å². The first-order valence-electron chi connectivity index (χ1n) is 2.78. The number of hydrogen-bond donors (Lipinski definition) is 1. The van der Waals surface area contributed by atoms with Gasteiger partial charge in [-0.1, -0.05) is 11.6 Å². The molecule has 0 saturated heterocycles. The van der Waals surface area contributed by atoms with Crippen LogP contribution in [0.1, 0.15) is 0 Å². The van der Waals surface area contributed by atoms with Crippen LogP contribution in [0.3, 0.4) is 0 Å². The molecule has 0 fully saturated rings. The molecular formula is C6H3ClF2O2S. The summed E-state index contributed by atoms with van der Waals surface area (Å²) in [6.45, 7) is 0. The second-order valence-electron chi connectivity index (χ2n) is 1.92. The van der Waals surface area contributed by atoms with Crippen molar-refractivity contribution < 1.29 is 17.5 Å². The average molecular weight is 213 g/mol. The Morgan fingerprint density at radius 1 is 1.33 bits per heavy atom. The molecule has 0 spiro atoms. The van der Waals surface area contributed by atoms with Crippen molar-refractivity contribution in [2.75, 3.05) is 0 Å². The molecule has 66 valence electrons. The first-order chi connectivity index (χ1) is 5.54.